The van der Waals surface area contributed by atoms with Crippen LogP contribution in [0.2, 0.25) is 0 Å². The number of hydrogen-bond donors (Lipinski definition) is 0. The molecule has 1 aliphatic carbocycles. The molecular formula is C8H14F2. The summed E-state index contributed by atoms with van der Waals surface area (Å²) in [6.45, 7) is 3.76. The van der Waals surface area contributed by atoms with Crippen LogP contribution in [0.15, 0.2) is 0 Å². The van der Waals surface area contributed by atoms with Crippen LogP contribution in [-0.4, -0.2) is 5.92 Å². The monoisotopic (exact) mass is 148 g/mol. The van der Waals surface area contributed by atoms with Crippen LogP contribution in [0.4, 0.5) is 8.78 Å². The van der Waals surface area contributed by atoms with E-state index < -0.39 is 5.92 Å². The third kappa shape index (κ3) is 1.30. The van der Waals surface area contributed by atoms with Crippen molar-refractivity contribution in [2.24, 2.45) is 11.8 Å². The molecule has 0 N–H and O–H groups in total. The fourth-order valence-electron chi connectivity index (χ4n) is 1.78. The third-order valence-electron chi connectivity index (χ3n) is 2.37. The first kappa shape index (κ1) is 7.96. The largest absolute Gasteiger partial charge is 0.251 e. The van der Waals surface area contributed by atoms with Crippen molar-refractivity contribution in [3.8, 4) is 0 Å². The van der Waals surface area contributed by atoms with Crippen molar-refractivity contribution >= 4 is 0 Å². The molecule has 10 heavy (non-hydrogen) atoms. The lowest BCUT2D eigenvalue weighted by Gasteiger charge is -2.21. The van der Waals surface area contributed by atoms with E-state index in [1.165, 1.54) is 0 Å². The van der Waals surface area contributed by atoms with Gasteiger partial charge in [0.2, 0.25) is 0 Å². The van der Waals surface area contributed by atoms with Crippen molar-refractivity contribution in [2.45, 2.75) is 39.0 Å². The zero-order chi connectivity index (χ0) is 7.78. The zero-order valence-electron chi connectivity index (χ0n) is 6.53. The average Bonchev–Trinajstić information content (AvgIpc) is 2.08. The van der Waals surface area contributed by atoms with Crippen molar-refractivity contribution < 1.29 is 8.78 Å². The molecule has 0 aliphatic heterocycles. The van der Waals surface area contributed by atoms with Crippen LogP contribution in [0.25, 0.3) is 0 Å². The minimum atomic E-state index is -2.37. The zero-order valence-corrected chi connectivity index (χ0v) is 6.53. The maximum absolute atomic E-state index is 12.9. The average molecular weight is 148 g/mol. The Morgan fingerprint density at radius 2 is 2.00 bits per heavy atom. The molecule has 0 aromatic heterocycles. The Labute approximate surface area is 60.6 Å². The molecule has 2 heteroatoms. The van der Waals surface area contributed by atoms with Gasteiger partial charge in [0.25, 0.3) is 5.92 Å². The summed E-state index contributed by atoms with van der Waals surface area (Å²) < 4.78 is 25.7. The first-order valence-electron chi connectivity index (χ1n) is 3.92. The molecule has 0 radical (unpaired) electrons. The molecule has 0 saturated heterocycles. The van der Waals surface area contributed by atoms with Gasteiger partial charge in [0.15, 0.2) is 0 Å². The van der Waals surface area contributed by atoms with Crippen LogP contribution in [0, 0.1) is 11.8 Å². The van der Waals surface area contributed by atoms with Gasteiger partial charge in [-0.1, -0.05) is 13.8 Å². The van der Waals surface area contributed by atoms with E-state index in [4.69, 9.17) is 0 Å². The first-order valence-corrected chi connectivity index (χ1v) is 3.92. The molecule has 1 aliphatic rings. The SMILES string of the molecule is CC(C)[C@H]1CCCC1(F)F. The van der Waals surface area contributed by atoms with Crippen LogP contribution in [-0.2, 0) is 0 Å². The number of alkyl halides is 2. The van der Waals surface area contributed by atoms with Crippen LogP contribution in [0.3, 0.4) is 0 Å². The van der Waals surface area contributed by atoms with Gasteiger partial charge in [0, 0.05) is 12.3 Å². The first-order chi connectivity index (χ1) is 4.54. The quantitative estimate of drug-likeness (QED) is 0.536. The smallest absolute Gasteiger partial charge is 0.207 e. The lowest BCUT2D eigenvalue weighted by Crippen LogP contribution is -2.25. The highest BCUT2D eigenvalue weighted by atomic mass is 19.3. The predicted octanol–water partition coefficient (Wildman–Crippen LogP) is 3.08. The normalized spacial score (nSPS) is 31.5. The molecular weight excluding hydrogens is 134 g/mol. The van der Waals surface area contributed by atoms with Crippen LogP contribution < -0.4 is 0 Å². The van der Waals surface area contributed by atoms with Crippen molar-refractivity contribution in [3.05, 3.63) is 0 Å². The Balaban J connectivity index is 2.59. The highest BCUT2D eigenvalue weighted by Gasteiger charge is 2.44. The summed E-state index contributed by atoms with van der Waals surface area (Å²) in [4.78, 5) is 0. The number of rotatable bonds is 1. The van der Waals surface area contributed by atoms with E-state index in [0.717, 1.165) is 0 Å². The topological polar surface area (TPSA) is 0 Å². The lowest BCUT2D eigenvalue weighted by atomic mass is 9.92. The lowest BCUT2D eigenvalue weighted by molar-refractivity contribution is -0.0525. The Kier molecular flexibility index (Phi) is 1.97. The van der Waals surface area contributed by atoms with Gasteiger partial charge >= 0.3 is 0 Å². The Morgan fingerprint density at radius 3 is 2.20 bits per heavy atom. The molecule has 0 unspecified atom stereocenters. The summed E-state index contributed by atoms with van der Waals surface area (Å²) >= 11 is 0. The summed E-state index contributed by atoms with van der Waals surface area (Å²) in [7, 11) is 0. The van der Waals surface area contributed by atoms with E-state index in [9.17, 15) is 8.78 Å². The Morgan fingerprint density at radius 1 is 1.40 bits per heavy atom. The van der Waals surface area contributed by atoms with Gasteiger partial charge in [-0.2, -0.15) is 0 Å². The molecule has 0 aromatic carbocycles. The van der Waals surface area contributed by atoms with E-state index in [2.05, 4.69) is 0 Å². The third-order valence-corrected chi connectivity index (χ3v) is 2.37. The maximum Gasteiger partial charge on any atom is 0.251 e. The second-order valence-corrected chi connectivity index (χ2v) is 3.50. The molecule has 0 bridgehead atoms. The Hall–Kier alpha value is -0.140. The predicted molar refractivity (Wildman–Crippen MR) is 37.1 cm³/mol. The number of halogens is 2. The second kappa shape index (κ2) is 2.48. The molecule has 60 valence electrons. The summed E-state index contributed by atoms with van der Waals surface area (Å²) in [5, 5.41) is 0. The molecule has 1 atom stereocenters. The minimum Gasteiger partial charge on any atom is -0.207 e. The minimum absolute atomic E-state index is 0.107. The highest BCUT2D eigenvalue weighted by Crippen LogP contribution is 2.43. The standard InChI is InChI=1S/C8H14F2/c1-6(2)7-4-3-5-8(7,9)10/h6-7H,3-5H2,1-2H3/t7-/m1/s1. The van der Waals surface area contributed by atoms with E-state index in [0.29, 0.717) is 12.8 Å². The van der Waals surface area contributed by atoms with Gasteiger partial charge < -0.3 is 0 Å². The van der Waals surface area contributed by atoms with Gasteiger partial charge in [0.1, 0.15) is 0 Å². The molecule has 0 heterocycles. The highest BCUT2D eigenvalue weighted by molar-refractivity contribution is 4.85. The van der Waals surface area contributed by atoms with Gasteiger partial charge in [-0.05, 0) is 18.8 Å². The van der Waals surface area contributed by atoms with Crippen molar-refractivity contribution in [3.63, 3.8) is 0 Å². The second-order valence-electron chi connectivity index (χ2n) is 3.50. The molecule has 0 nitrogen and oxygen atoms in total. The molecule has 1 saturated carbocycles. The van der Waals surface area contributed by atoms with Gasteiger partial charge in [-0.25, -0.2) is 8.78 Å². The van der Waals surface area contributed by atoms with Crippen LogP contribution >= 0.6 is 0 Å². The van der Waals surface area contributed by atoms with Gasteiger partial charge in [-0.3, -0.25) is 0 Å². The van der Waals surface area contributed by atoms with Crippen LogP contribution in [0.5, 0.6) is 0 Å². The van der Waals surface area contributed by atoms with Gasteiger partial charge in [0.05, 0.1) is 0 Å². The van der Waals surface area contributed by atoms with E-state index in [1.54, 1.807) is 0 Å². The molecule has 1 fully saturated rings. The molecule has 0 aromatic rings. The van der Waals surface area contributed by atoms with Crippen molar-refractivity contribution in [2.75, 3.05) is 0 Å². The fourth-order valence-corrected chi connectivity index (χ4v) is 1.78. The van der Waals surface area contributed by atoms with Crippen molar-refractivity contribution in [1.82, 2.24) is 0 Å². The summed E-state index contributed by atoms with van der Waals surface area (Å²) in [5.41, 5.74) is 0. The Bertz CT molecular complexity index is 118. The van der Waals surface area contributed by atoms with E-state index in [-0.39, 0.29) is 18.3 Å². The summed E-state index contributed by atoms with van der Waals surface area (Å²) in [6, 6.07) is 0. The van der Waals surface area contributed by atoms with E-state index >= 15 is 0 Å². The van der Waals surface area contributed by atoms with Gasteiger partial charge in [-0.15, -0.1) is 0 Å². The van der Waals surface area contributed by atoms with E-state index in [1.807, 2.05) is 13.8 Å². The van der Waals surface area contributed by atoms with Crippen LogP contribution in [0.1, 0.15) is 33.1 Å². The number of hydrogen-bond acceptors (Lipinski definition) is 0. The molecule has 0 spiro atoms. The van der Waals surface area contributed by atoms with Crippen molar-refractivity contribution in [1.29, 1.82) is 0 Å². The summed E-state index contributed by atoms with van der Waals surface area (Å²) in [6.07, 6.45) is 1.52. The molecule has 0 amide bonds. The molecule has 1 rings (SSSR count). The maximum atomic E-state index is 12.9. The fraction of sp³-hybridized carbons (Fsp3) is 1.00. The summed E-state index contributed by atoms with van der Waals surface area (Å²) in [5.74, 6) is -2.58.